The van der Waals surface area contributed by atoms with E-state index in [4.69, 9.17) is 0 Å². The minimum Gasteiger partial charge on any atom is -0.395 e. The average Bonchev–Trinajstić information content (AvgIpc) is 2.46. The van der Waals surface area contributed by atoms with E-state index in [1.54, 1.807) is 6.20 Å². The molecule has 2 N–H and O–H groups in total. The Morgan fingerprint density at radius 1 is 1.21 bits per heavy atom. The molecule has 1 aromatic carbocycles. The first-order valence-corrected chi connectivity index (χ1v) is 6.57. The molecule has 2 rings (SSSR count). The van der Waals surface area contributed by atoms with E-state index in [0.717, 1.165) is 13.0 Å². The van der Waals surface area contributed by atoms with Crippen LogP contribution in [0.5, 0.6) is 0 Å². The zero-order valence-electron chi connectivity index (χ0n) is 11.2. The predicted octanol–water partition coefficient (Wildman–Crippen LogP) is 2.08. The summed E-state index contributed by atoms with van der Waals surface area (Å²) in [4.78, 5) is 4.13. The van der Waals surface area contributed by atoms with Crippen LogP contribution in [0.2, 0.25) is 0 Å². The summed E-state index contributed by atoms with van der Waals surface area (Å²) in [6, 6.07) is 12.3. The summed E-state index contributed by atoms with van der Waals surface area (Å²) in [5, 5.41) is 12.8. The fourth-order valence-corrected chi connectivity index (χ4v) is 2.04. The highest BCUT2D eigenvalue weighted by atomic mass is 16.3. The highest BCUT2D eigenvalue weighted by Crippen LogP contribution is 2.07. The Bertz CT molecular complexity index is 499. The molecule has 0 saturated heterocycles. The number of aromatic nitrogens is 1. The summed E-state index contributed by atoms with van der Waals surface area (Å²) in [5.41, 5.74) is 3.63. The minimum absolute atomic E-state index is 0.0713. The van der Waals surface area contributed by atoms with E-state index in [1.807, 2.05) is 30.5 Å². The quantitative estimate of drug-likeness (QED) is 0.832. The van der Waals surface area contributed by atoms with Crippen molar-refractivity contribution in [1.29, 1.82) is 0 Å². The van der Waals surface area contributed by atoms with Crippen LogP contribution in [0, 0.1) is 6.92 Å². The van der Waals surface area contributed by atoms with Gasteiger partial charge in [0.15, 0.2) is 0 Å². The largest absolute Gasteiger partial charge is 0.395 e. The van der Waals surface area contributed by atoms with Crippen LogP contribution >= 0.6 is 0 Å². The van der Waals surface area contributed by atoms with Crippen LogP contribution in [-0.2, 0) is 13.0 Å². The second-order valence-electron chi connectivity index (χ2n) is 4.75. The van der Waals surface area contributed by atoms with E-state index in [-0.39, 0.29) is 12.6 Å². The number of hydrogen-bond donors (Lipinski definition) is 2. The van der Waals surface area contributed by atoms with Crippen molar-refractivity contribution >= 4 is 0 Å². The van der Waals surface area contributed by atoms with Crippen molar-refractivity contribution in [1.82, 2.24) is 10.3 Å². The topological polar surface area (TPSA) is 45.2 Å². The molecule has 1 heterocycles. The molecule has 0 amide bonds. The van der Waals surface area contributed by atoms with E-state index < -0.39 is 0 Å². The molecule has 2 aromatic rings. The molecule has 1 unspecified atom stereocenters. The van der Waals surface area contributed by atoms with Crippen molar-refractivity contribution < 1.29 is 5.11 Å². The van der Waals surface area contributed by atoms with Gasteiger partial charge in [-0.1, -0.05) is 30.3 Å². The van der Waals surface area contributed by atoms with Crippen LogP contribution in [0.25, 0.3) is 0 Å². The Kier molecular flexibility index (Phi) is 5.07. The van der Waals surface area contributed by atoms with Crippen LogP contribution in [0.15, 0.2) is 48.8 Å². The first kappa shape index (κ1) is 13.7. The summed E-state index contributed by atoms with van der Waals surface area (Å²) >= 11 is 0. The van der Waals surface area contributed by atoms with Gasteiger partial charge in [-0.25, -0.2) is 0 Å². The molecule has 3 nitrogen and oxygen atoms in total. The average molecular weight is 256 g/mol. The van der Waals surface area contributed by atoms with Gasteiger partial charge >= 0.3 is 0 Å². The summed E-state index contributed by atoms with van der Waals surface area (Å²) in [6.45, 7) is 2.94. The molecule has 0 spiro atoms. The monoisotopic (exact) mass is 256 g/mol. The molecule has 0 saturated carbocycles. The van der Waals surface area contributed by atoms with Crippen molar-refractivity contribution in [3.05, 3.63) is 65.5 Å². The molecule has 0 radical (unpaired) electrons. The second-order valence-corrected chi connectivity index (χ2v) is 4.75. The Hall–Kier alpha value is -1.71. The number of pyridine rings is 1. The van der Waals surface area contributed by atoms with Gasteiger partial charge in [0.1, 0.15) is 0 Å². The lowest BCUT2D eigenvalue weighted by molar-refractivity contribution is 0.240. The Labute approximate surface area is 114 Å². The standard InChI is InChI=1S/C16H20N2O/c1-13-7-8-17-10-15(13)11-18-16(12-19)9-14-5-3-2-4-6-14/h2-8,10,16,18-19H,9,11-12H2,1H3. The van der Waals surface area contributed by atoms with Gasteiger partial charge < -0.3 is 10.4 Å². The first-order valence-electron chi connectivity index (χ1n) is 6.57. The fraction of sp³-hybridized carbons (Fsp3) is 0.312. The summed E-state index contributed by atoms with van der Waals surface area (Å²) in [6.07, 6.45) is 4.50. The molecule has 19 heavy (non-hydrogen) atoms. The number of benzene rings is 1. The number of aliphatic hydroxyl groups is 1. The lowest BCUT2D eigenvalue weighted by Gasteiger charge is -2.17. The number of rotatable bonds is 6. The van der Waals surface area contributed by atoms with E-state index in [1.165, 1.54) is 16.7 Å². The highest BCUT2D eigenvalue weighted by molar-refractivity contribution is 5.21. The van der Waals surface area contributed by atoms with Gasteiger partial charge in [-0.05, 0) is 36.1 Å². The Balaban J connectivity index is 1.91. The second kappa shape index (κ2) is 7.02. The van der Waals surface area contributed by atoms with E-state index in [9.17, 15) is 5.11 Å². The molecule has 0 fully saturated rings. The van der Waals surface area contributed by atoms with Crippen molar-refractivity contribution in [2.45, 2.75) is 25.9 Å². The lowest BCUT2D eigenvalue weighted by atomic mass is 10.1. The Morgan fingerprint density at radius 2 is 2.00 bits per heavy atom. The molecule has 100 valence electrons. The smallest absolute Gasteiger partial charge is 0.0587 e. The maximum Gasteiger partial charge on any atom is 0.0587 e. The molecule has 1 aromatic heterocycles. The number of aryl methyl sites for hydroxylation is 1. The highest BCUT2D eigenvalue weighted by Gasteiger charge is 2.08. The molecule has 1 atom stereocenters. The fourth-order valence-electron chi connectivity index (χ4n) is 2.04. The normalized spacial score (nSPS) is 12.3. The molecule has 0 aliphatic carbocycles. The maximum absolute atomic E-state index is 9.46. The van der Waals surface area contributed by atoms with Gasteiger partial charge in [0.25, 0.3) is 0 Å². The van der Waals surface area contributed by atoms with Crippen molar-refractivity contribution in [2.24, 2.45) is 0 Å². The van der Waals surface area contributed by atoms with Gasteiger partial charge in [0.05, 0.1) is 6.61 Å². The summed E-state index contributed by atoms with van der Waals surface area (Å²) in [7, 11) is 0. The summed E-state index contributed by atoms with van der Waals surface area (Å²) in [5.74, 6) is 0. The first-order chi connectivity index (χ1) is 9.29. The van der Waals surface area contributed by atoms with Crippen LogP contribution in [0.3, 0.4) is 0 Å². The van der Waals surface area contributed by atoms with E-state index >= 15 is 0 Å². The molecule has 3 heteroatoms. The minimum atomic E-state index is 0.0713. The third-order valence-corrected chi connectivity index (χ3v) is 3.27. The van der Waals surface area contributed by atoms with Crippen molar-refractivity contribution in [3.63, 3.8) is 0 Å². The van der Waals surface area contributed by atoms with Crippen LogP contribution in [0.4, 0.5) is 0 Å². The van der Waals surface area contributed by atoms with Gasteiger partial charge in [0.2, 0.25) is 0 Å². The third kappa shape index (κ3) is 4.16. The molecular weight excluding hydrogens is 236 g/mol. The molecule has 0 aliphatic rings. The number of hydrogen-bond acceptors (Lipinski definition) is 3. The molecule has 0 aliphatic heterocycles. The van der Waals surface area contributed by atoms with E-state index in [0.29, 0.717) is 0 Å². The predicted molar refractivity (Wildman–Crippen MR) is 76.8 cm³/mol. The van der Waals surface area contributed by atoms with E-state index in [2.05, 4.69) is 29.4 Å². The number of nitrogens with zero attached hydrogens (tertiary/aromatic N) is 1. The van der Waals surface area contributed by atoms with Crippen molar-refractivity contribution in [3.8, 4) is 0 Å². The molecular formula is C16H20N2O. The lowest BCUT2D eigenvalue weighted by Crippen LogP contribution is -2.34. The summed E-state index contributed by atoms with van der Waals surface area (Å²) < 4.78 is 0. The van der Waals surface area contributed by atoms with Gasteiger partial charge in [0, 0.05) is 25.0 Å². The van der Waals surface area contributed by atoms with Crippen LogP contribution in [-0.4, -0.2) is 22.7 Å². The number of aliphatic hydroxyl groups excluding tert-OH is 1. The van der Waals surface area contributed by atoms with Gasteiger partial charge in [-0.2, -0.15) is 0 Å². The zero-order chi connectivity index (χ0) is 13.5. The Morgan fingerprint density at radius 3 is 2.68 bits per heavy atom. The van der Waals surface area contributed by atoms with Crippen molar-refractivity contribution in [2.75, 3.05) is 6.61 Å². The van der Waals surface area contributed by atoms with Crippen LogP contribution < -0.4 is 5.32 Å². The molecule has 0 bridgehead atoms. The number of nitrogens with one attached hydrogen (secondary N) is 1. The van der Waals surface area contributed by atoms with Gasteiger partial charge in [-0.15, -0.1) is 0 Å². The third-order valence-electron chi connectivity index (χ3n) is 3.27. The van der Waals surface area contributed by atoms with Gasteiger partial charge in [-0.3, -0.25) is 4.98 Å². The SMILES string of the molecule is Cc1ccncc1CNC(CO)Cc1ccccc1. The van der Waals surface area contributed by atoms with Crippen LogP contribution in [0.1, 0.15) is 16.7 Å². The zero-order valence-corrected chi connectivity index (χ0v) is 11.2. The maximum atomic E-state index is 9.46.